The molecule has 6 atom stereocenters. The fraction of sp³-hybridized carbons (Fsp3) is 0.333. The molecule has 0 amide bonds. The van der Waals surface area contributed by atoms with Crippen LogP contribution in [0, 0.1) is 11.6 Å². The highest BCUT2D eigenvalue weighted by Gasteiger charge is 2.36. The van der Waals surface area contributed by atoms with Gasteiger partial charge in [-0.2, -0.15) is 10.2 Å². The number of esters is 2. The van der Waals surface area contributed by atoms with Gasteiger partial charge >= 0.3 is 11.9 Å². The van der Waals surface area contributed by atoms with Crippen LogP contribution < -0.4 is 10.6 Å². The van der Waals surface area contributed by atoms with Crippen molar-refractivity contribution in [2.24, 2.45) is 0 Å². The molecule has 0 radical (unpaired) electrons. The van der Waals surface area contributed by atoms with Crippen molar-refractivity contribution in [3.05, 3.63) is 192 Å². The van der Waals surface area contributed by atoms with Gasteiger partial charge < -0.3 is 39.8 Å². The van der Waals surface area contributed by atoms with E-state index in [0.29, 0.717) is 24.7 Å². The van der Waals surface area contributed by atoms with Gasteiger partial charge in [0.15, 0.2) is 5.79 Å². The van der Waals surface area contributed by atoms with E-state index in [-0.39, 0.29) is 67.5 Å². The van der Waals surface area contributed by atoms with Gasteiger partial charge in [-0.15, -0.1) is 0 Å². The zero-order chi connectivity index (χ0) is 62.0. The standard InChI is InChI=1S/C36H41FN4O4.C33H37FN4O4/c1-6-24(3)34-31(18-17-29-22-30(23-33(42)43-7-2)45-36(4,5)44-29)35(25-13-15-26(37)16-14-25)41(40-34)28-19-20-38-32(21-28)39-27-11-9-8-10-12-27;1-4-22(3)32-29(16-15-27(39)20-28(40)21-31(41)42-5-2)33(23-11-13-24(34)14-12-23)38(37-32)26-17-18-35-30(19-26)36-25-9-7-6-8-10-25/h8-21,24,29-30H,6-7,22-23H2,1-5H3,(H,38,39);6-19,22,27-28,39-40H,4-5,20-21H2,1-3H3,(H,35,36)/b18-17+;16-15+/t24?,29-,30-;22?,27-,28-/m11/s1. The molecule has 18 heteroatoms. The molecule has 0 spiro atoms. The molecule has 1 fully saturated rings. The summed E-state index contributed by atoms with van der Waals surface area (Å²) in [6, 6.07) is 39.8. The number of ether oxygens (including phenoxy) is 4. The first-order valence-electron chi connectivity index (χ1n) is 29.7. The van der Waals surface area contributed by atoms with Crippen molar-refractivity contribution in [3.8, 4) is 33.9 Å². The van der Waals surface area contributed by atoms with E-state index >= 15 is 0 Å². The predicted octanol–water partition coefficient (Wildman–Crippen LogP) is 14.6. The fourth-order valence-electron chi connectivity index (χ4n) is 10.1. The molecule has 9 rings (SSSR count). The average Bonchev–Trinajstić information content (AvgIpc) is 1.72. The van der Waals surface area contributed by atoms with E-state index in [1.54, 1.807) is 62.7 Å². The Morgan fingerprint density at radius 1 is 0.667 bits per heavy atom. The van der Waals surface area contributed by atoms with Gasteiger partial charge in [0, 0.05) is 82.8 Å². The molecule has 5 heterocycles. The second kappa shape index (κ2) is 30.6. The van der Waals surface area contributed by atoms with E-state index in [2.05, 4.69) is 48.3 Å². The molecule has 1 aliphatic heterocycles. The number of hydrogen-bond donors (Lipinski definition) is 4. The van der Waals surface area contributed by atoms with Crippen LogP contribution in [-0.2, 0) is 28.5 Å². The molecule has 4 aromatic carbocycles. The van der Waals surface area contributed by atoms with Gasteiger partial charge in [-0.1, -0.05) is 88.4 Å². The van der Waals surface area contributed by atoms with Crippen molar-refractivity contribution in [1.82, 2.24) is 29.5 Å². The minimum Gasteiger partial charge on any atom is -0.466 e. The van der Waals surface area contributed by atoms with Crippen molar-refractivity contribution in [2.45, 2.75) is 136 Å². The summed E-state index contributed by atoms with van der Waals surface area (Å²) < 4.78 is 54.1. The number of rotatable bonds is 24. The first-order valence-corrected chi connectivity index (χ1v) is 29.7. The summed E-state index contributed by atoms with van der Waals surface area (Å²) in [5.74, 6) is -0.843. The summed E-state index contributed by atoms with van der Waals surface area (Å²) >= 11 is 0. The van der Waals surface area contributed by atoms with Gasteiger partial charge in [0.1, 0.15) is 23.3 Å². The van der Waals surface area contributed by atoms with Crippen LogP contribution in [0.15, 0.2) is 158 Å². The highest BCUT2D eigenvalue weighted by molar-refractivity contribution is 5.78. The first kappa shape index (κ1) is 64.3. The Bertz CT molecular complexity index is 3580. The summed E-state index contributed by atoms with van der Waals surface area (Å²) in [4.78, 5) is 33.0. The van der Waals surface area contributed by atoms with Gasteiger partial charge in [0.2, 0.25) is 0 Å². The predicted molar refractivity (Wildman–Crippen MR) is 336 cm³/mol. The molecule has 0 aliphatic carbocycles. The monoisotopic (exact) mass is 1180 g/mol. The van der Waals surface area contributed by atoms with Crippen LogP contribution in [0.2, 0.25) is 0 Å². The van der Waals surface area contributed by atoms with Crippen LogP contribution in [-0.4, -0.2) is 95.1 Å². The molecule has 1 saturated heterocycles. The largest absolute Gasteiger partial charge is 0.466 e. The van der Waals surface area contributed by atoms with Crippen LogP contribution in [0.3, 0.4) is 0 Å². The highest BCUT2D eigenvalue weighted by Crippen LogP contribution is 2.38. The molecule has 0 saturated carbocycles. The Hall–Kier alpha value is -8.68. The zero-order valence-corrected chi connectivity index (χ0v) is 50.6. The number of carbonyl (C=O) groups excluding carboxylic acids is 2. The maximum Gasteiger partial charge on any atom is 0.308 e. The van der Waals surface area contributed by atoms with Crippen LogP contribution in [0.4, 0.5) is 31.8 Å². The fourth-order valence-corrected chi connectivity index (χ4v) is 10.1. The van der Waals surface area contributed by atoms with Gasteiger partial charge in [0.05, 0.1) is 84.6 Å². The van der Waals surface area contributed by atoms with E-state index in [4.69, 9.17) is 29.1 Å². The minimum atomic E-state index is -1.05. The maximum absolute atomic E-state index is 14.1. The van der Waals surface area contributed by atoms with E-state index in [0.717, 1.165) is 80.6 Å². The van der Waals surface area contributed by atoms with Crippen molar-refractivity contribution in [1.29, 1.82) is 0 Å². The second-order valence-corrected chi connectivity index (χ2v) is 21.8. The smallest absolute Gasteiger partial charge is 0.308 e. The number of anilines is 4. The number of nitrogens with zero attached hydrogens (tertiary/aromatic N) is 6. The number of carbonyl (C=O) groups is 2. The lowest BCUT2D eigenvalue weighted by Crippen LogP contribution is -2.44. The zero-order valence-electron chi connectivity index (χ0n) is 50.6. The summed E-state index contributed by atoms with van der Waals surface area (Å²) in [6.45, 7) is 16.2. The Morgan fingerprint density at radius 2 is 1.14 bits per heavy atom. The molecule has 16 nitrogen and oxygen atoms in total. The Kier molecular flexibility index (Phi) is 22.6. The third-order valence-corrected chi connectivity index (χ3v) is 14.6. The van der Waals surface area contributed by atoms with E-state index in [9.17, 15) is 28.6 Å². The lowest BCUT2D eigenvalue weighted by molar-refractivity contribution is -0.290. The third kappa shape index (κ3) is 17.7. The molecular formula is C69H78F2N8O8. The highest BCUT2D eigenvalue weighted by atomic mass is 19.1. The van der Waals surface area contributed by atoms with Crippen LogP contribution in [0.5, 0.6) is 0 Å². The van der Waals surface area contributed by atoms with Crippen molar-refractivity contribution in [3.63, 3.8) is 0 Å². The summed E-state index contributed by atoms with van der Waals surface area (Å²) in [6.07, 6.45) is 10.3. The van der Waals surface area contributed by atoms with Crippen molar-refractivity contribution < 1.29 is 47.5 Å². The molecule has 4 aromatic heterocycles. The lowest BCUT2D eigenvalue weighted by atomic mass is 9.96. The molecule has 0 bridgehead atoms. The van der Waals surface area contributed by atoms with Gasteiger partial charge in [-0.3, -0.25) is 9.59 Å². The Labute approximate surface area is 507 Å². The van der Waals surface area contributed by atoms with Crippen LogP contribution in [0.25, 0.3) is 46.0 Å². The van der Waals surface area contributed by atoms with E-state index in [1.807, 2.05) is 120 Å². The van der Waals surface area contributed by atoms with Crippen LogP contribution >= 0.6 is 0 Å². The Balaban J connectivity index is 0.000000226. The summed E-state index contributed by atoms with van der Waals surface area (Å²) in [7, 11) is 0. The number of benzene rings is 4. The molecule has 1 aliphatic rings. The number of hydrogen-bond acceptors (Lipinski definition) is 14. The van der Waals surface area contributed by atoms with Crippen molar-refractivity contribution in [2.75, 3.05) is 23.8 Å². The minimum absolute atomic E-state index is 0.0349. The summed E-state index contributed by atoms with van der Waals surface area (Å²) in [5.41, 5.74) is 9.89. The number of aliphatic hydroxyl groups excluding tert-OH is 2. The molecular weight excluding hydrogens is 1110 g/mol. The molecule has 2 unspecified atom stereocenters. The molecule has 8 aromatic rings. The molecule has 4 N–H and O–H groups in total. The number of aliphatic hydroxyl groups is 2. The SMILES string of the molecule is CCOC(=O)C[C@H](O)C[C@H](O)/C=C/c1c(C(C)CC)nn(-c2ccnc(Nc3ccccc3)c2)c1-c1ccc(F)cc1.CCOC(=O)C[C@H]1C[C@@H](/C=C/c2c(C(C)CC)nn(-c3ccnc(Nc4ccccc4)c3)c2-c2ccc(F)cc2)OC(C)(C)O1. The number of pyridine rings is 2. The number of para-hydroxylation sites is 2. The molecule has 87 heavy (non-hydrogen) atoms. The number of nitrogens with one attached hydrogen (secondary N) is 2. The first-order chi connectivity index (χ1) is 41.9. The normalized spacial score (nSPS) is 16.1. The average molecular weight is 1190 g/mol. The Morgan fingerprint density at radius 3 is 1.61 bits per heavy atom. The summed E-state index contributed by atoms with van der Waals surface area (Å²) in [5, 5.41) is 37.8. The van der Waals surface area contributed by atoms with Crippen molar-refractivity contribution >= 4 is 47.1 Å². The lowest BCUT2D eigenvalue weighted by Gasteiger charge is -2.39. The van der Waals surface area contributed by atoms with Gasteiger partial charge in [-0.25, -0.2) is 28.1 Å². The van der Waals surface area contributed by atoms with Gasteiger partial charge in [0.25, 0.3) is 0 Å². The van der Waals surface area contributed by atoms with Gasteiger partial charge in [-0.05, 0) is 125 Å². The quantitative estimate of drug-likeness (QED) is 0.0417. The maximum atomic E-state index is 14.1. The third-order valence-electron chi connectivity index (χ3n) is 14.6. The molecule has 456 valence electrons. The number of aromatic nitrogens is 6. The topological polar surface area (TPSA) is 197 Å². The van der Waals surface area contributed by atoms with Crippen LogP contribution in [0.1, 0.15) is 128 Å². The second-order valence-electron chi connectivity index (χ2n) is 21.8. The number of halogens is 2. The van der Waals surface area contributed by atoms with E-state index in [1.165, 1.54) is 24.3 Å². The van der Waals surface area contributed by atoms with E-state index < -0.39 is 24.0 Å².